The van der Waals surface area contributed by atoms with Gasteiger partial charge in [-0.3, -0.25) is 0 Å². The number of carboxylic acids is 1. The summed E-state index contributed by atoms with van der Waals surface area (Å²) in [6.45, 7) is 4.04. The summed E-state index contributed by atoms with van der Waals surface area (Å²) in [7, 11) is 1.78. The number of anilines is 1. The first-order valence-corrected chi connectivity index (χ1v) is 5.62. The van der Waals surface area contributed by atoms with E-state index in [0.29, 0.717) is 5.82 Å². The molecule has 0 saturated heterocycles. The molecule has 0 aliphatic heterocycles. The van der Waals surface area contributed by atoms with Crippen molar-refractivity contribution in [1.29, 1.82) is 0 Å². The molecule has 1 N–H and O–H groups in total. The third-order valence-corrected chi connectivity index (χ3v) is 2.89. The van der Waals surface area contributed by atoms with Crippen LogP contribution in [-0.2, 0) is 0 Å². The lowest BCUT2D eigenvalue weighted by Crippen LogP contribution is -2.32. The summed E-state index contributed by atoms with van der Waals surface area (Å²) in [6, 6.07) is 1.20. The van der Waals surface area contributed by atoms with Gasteiger partial charge in [-0.05, 0) is 18.9 Å². The molecular weight excluding hydrogens is 223 g/mol. The van der Waals surface area contributed by atoms with Gasteiger partial charge in [-0.25, -0.2) is 14.2 Å². The Balaban J connectivity index is 3.16. The van der Waals surface area contributed by atoms with E-state index in [0.717, 1.165) is 25.1 Å². The van der Waals surface area contributed by atoms with E-state index in [1.807, 2.05) is 13.8 Å². The molecule has 1 aromatic heterocycles. The first-order chi connectivity index (χ1) is 8.01. The minimum absolute atomic E-state index is 0.0978. The van der Waals surface area contributed by atoms with Crippen LogP contribution in [0.2, 0.25) is 0 Å². The van der Waals surface area contributed by atoms with Gasteiger partial charge in [0, 0.05) is 13.1 Å². The van der Waals surface area contributed by atoms with Crippen molar-refractivity contribution < 1.29 is 14.3 Å². The fourth-order valence-electron chi connectivity index (χ4n) is 1.88. The van der Waals surface area contributed by atoms with Crippen LogP contribution in [0.25, 0.3) is 0 Å². The van der Waals surface area contributed by atoms with E-state index in [1.54, 1.807) is 11.9 Å². The topological polar surface area (TPSA) is 53.4 Å². The maximum atomic E-state index is 13.0. The number of rotatable bonds is 5. The molecule has 0 unspecified atom stereocenters. The molecule has 0 fully saturated rings. The summed E-state index contributed by atoms with van der Waals surface area (Å²) in [5, 5.41) is 9.03. The average Bonchev–Trinajstić information content (AvgIpc) is 2.30. The van der Waals surface area contributed by atoms with Gasteiger partial charge in [-0.15, -0.1) is 0 Å². The summed E-state index contributed by atoms with van der Waals surface area (Å²) in [6.07, 6.45) is 2.80. The Labute approximate surface area is 100 Å². The minimum atomic E-state index is -1.16. The molecule has 0 aliphatic carbocycles. The van der Waals surface area contributed by atoms with Gasteiger partial charge in [0.15, 0.2) is 0 Å². The molecule has 0 saturated carbocycles. The Kier molecular flexibility index (Phi) is 4.43. The van der Waals surface area contributed by atoms with E-state index in [2.05, 4.69) is 4.98 Å². The van der Waals surface area contributed by atoms with Gasteiger partial charge in [0.25, 0.3) is 0 Å². The van der Waals surface area contributed by atoms with Crippen LogP contribution >= 0.6 is 0 Å². The SMILES string of the molecule is CCC(CC)N(C)c1ncc(F)cc1C(=O)O. The number of aromatic carboxylic acids is 1. The third-order valence-electron chi connectivity index (χ3n) is 2.89. The maximum Gasteiger partial charge on any atom is 0.339 e. The highest BCUT2D eigenvalue weighted by Gasteiger charge is 2.20. The van der Waals surface area contributed by atoms with Crippen molar-refractivity contribution in [2.75, 3.05) is 11.9 Å². The Morgan fingerprint density at radius 1 is 1.53 bits per heavy atom. The summed E-state index contributed by atoms with van der Waals surface area (Å²) >= 11 is 0. The predicted octanol–water partition coefficient (Wildman–Crippen LogP) is 2.54. The van der Waals surface area contributed by atoms with E-state index < -0.39 is 11.8 Å². The van der Waals surface area contributed by atoms with Crippen LogP contribution < -0.4 is 4.90 Å². The summed E-state index contributed by atoms with van der Waals surface area (Å²) in [5.41, 5.74) is -0.0978. The maximum absolute atomic E-state index is 13.0. The molecule has 0 aromatic carbocycles. The number of carboxylic acid groups (broad SMARTS) is 1. The van der Waals surface area contributed by atoms with E-state index in [-0.39, 0.29) is 11.6 Å². The first-order valence-electron chi connectivity index (χ1n) is 5.62. The van der Waals surface area contributed by atoms with E-state index in [9.17, 15) is 9.18 Å². The van der Waals surface area contributed by atoms with E-state index in [1.165, 1.54) is 0 Å². The lowest BCUT2D eigenvalue weighted by molar-refractivity contribution is 0.0696. The van der Waals surface area contributed by atoms with E-state index >= 15 is 0 Å². The van der Waals surface area contributed by atoms with Crippen molar-refractivity contribution in [3.8, 4) is 0 Å². The molecule has 5 heteroatoms. The highest BCUT2D eigenvalue weighted by atomic mass is 19.1. The Morgan fingerprint density at radius 3 is 2.59 bits per heavy atom. The second kappa shape index (κ2) is 5.61. The van der Waals surface area contributed by atoms with Crippen LogP contribution in [0.15, 0.2) is 12.3 Å². The van der Waals surface area contributed by atoms with Crippen molar-refractivity contribution in [3.05, 3.63) is 23.6 Å². The molecule has 0 spiro atoms. The highest BCUT2D eigenvalue weighted by Crippen LogP contribution is 2.21. The quantitative estimate of drug-likeness (QED) is 0.859. The smallest absolute Gasteiger partial charge is 0.339 e. The van der Waals surface area contributed by atoms with E-state index in [4.69, 9.17) is 5.11 Å². The van der Waals surface area contributed by atoms with Gasteiger partial charge in [0.1, 0.15) is 17.2 Å². The number of halogens is 1. The molecule has 0 bridgehead atoms. The fraction of sp³-hybridized carbons (Fsp3) is 0.500. The standard InChI is InChI=1S/C12H17FN2O2/c1-4-9(5-2)15(3)11-10(12(16)17)6-8(13)7-14-11/h6-7,9H,4-5H2,1-3H3,(H,16,17). The minimum Gasteiger partial charge on any atom is -0.478 e. The van der Waals surface area contributed by atoms with Crippen molar-refractivity contribution in [2.24, 2.45) is 0 Å². The van der Waals surface area contributed by atoms with Gasteiger partial charge in [-0.2, -0.15) is 0 Å². The zero-order chi connectivity index (χ0) is 13.0. The Hall–Kier alpha value is -1.65. The molecule has 1 rings (SSSR count). The first kappa shape index (κ1) is 13.4. The molecule has 0 aliphatic rings. The van der Waals surface area contributed by atoms with Gasteiger partial charge < -0.3 is 10.0 Å². The largest absolute Gasteiger partial charge is 0.478 e. The number of hydrogen-bond donors (Lipinski definition) is 1. The second-order valence-electron chi connectivity index (χ2n) is 3.91. The number of nitrogens with zero attached hydrogens (tertiary/aromatic N) is 2. The van der Waals surface area contributed by atoms with Crippen molar-refractivity contribution in [2.45, 2.75) is 32.7 Å². The van der Waals surface area contributed by atoms with Crippen LogP contribution in [0.4, 0.5) is 10.2 Å². The molecule has 1 aromatic rings. The highest BCUT2D eigenvalue weighted by molar-refractivity contribution is 5.93. The van der Waals surface area contributed by atoms with Crippen LogP contribution in [-0.4, -0.2) is 29.1 Å². The van der Waals surface area contributed by atoms with Gasteiger partial charge >= 0.3 is 5.97 Å². The summed E-state index contributed by atoms with van der Waals surface area (Å²) in [5.74, 6) is -1.48. The van der Waals surface area contributed by atoms with Crippen LogP contribution in [0.3, 0.4) is 0 Å². The number of carbonyl (C=O) groups is 1. The average molecular weight is 240 g/mol. The number of pyridine rings is 1. The molecule has 1 heterocycles. The lowest BCUT2D eigenvalue weighted by atomic mass is 10.1. The Morgan fingerprint density at radius 2 is 2.12 bits per heavy atom. The molecule has 4 nitrogen and oxygen atoms in total. The van der Waals surface area contributed by atoms with Crippen molar-refractivity contribution in [3.63, 3.8) is 0 Å². The molecule has 17 heavy (non-hydrogen) atoms. The number of hydrogen-bond acceptors (Lipinski definition) is 3. The molecule has 0 radical (unpaired) electrons. The molecule has 0 atom stereocenters. The third kappa shape index (κ3) is 2.93. The summed E-state index contributed by atoms with van der Waals surface area (Å²) < 4.78 is 13.0. The zero-order valence-corrected chi connectivity index (χ0v) is 10.3. The summed E-state index contributed by atoms with van der Waals surface area (Å²) in [4.78, 5) is 16.7. The van der Waals surface area contributed by atoms with Crippen molar-refractivity contribution in [1.82, 2.24) is 4.98 Å². The lowest BCUT2D eigenvalue weighted by Gasteiger charge is -2.28. The fourth-order valence-corrected chi connectivity index (χ4v) is 1.88. The molecule has 0 amide bonds. The predicted molar refractivity (Wildman–Crippen MR) is 63.9 cm³/mol. The van der Waals surface area contributed by atoms with Gasteiger partial charge in [0.05, 0.1) is 6.20 Å². The van der Waals surface area contributed by atoms with Crippen molar-refractivity contribution >= 4 is 11.8 Å². The van der Waals surface area contributed by atoms with Crippen LogP contribution in [0, 0.1) is 5.82 Å². The van der Waals surface area contributed by atoms with Gasteiger partial charge in [-0.1, -0.05) is 13.8 Å². The normalized spacial score (nSPS) is 10.6. The van der Waals surface area contributed by atoms with Gasteiger partial charge in [0.2, 0.25) is 0 Å². The molecule has 94 valence electrons. The number of aromatic nitrogens is 1. The van der Waals surface area contributed by atoms with Crippen LogP contribution in [0.1, 0.15) is 37.0 Å². The zero-order valence-electron chi connectivity index (χ0n) is 10.3. The Bertz CT molecular complexity index is 405. The monoisotopic (exact) mass is 240 g/mol. The molecular formula is C12H17FN2O2. The van der Waals surface area contributed by atoms with Crippen LogP contribution in [0.5, 0.6) is 0 Å². The second-order valence-corrected chi connectivity index (χ2v) is 3.91.